The third-order valence-corrected chi connectivity index (χ3v) is 3.63. The first-order chi connectivity index (χ1) is 10.9. The van der Waals surface area contributed by atoms with Gasteiger partial charge in [-0.25, -0.2) is 4.79 Å². The number of hydrogen-bond donors (Lipinski definition) is 2. The van der Waals surface area contributed by atoms with Gasteiger partial charge in [0.15, 0.2) is 0 Å². The van der Waals surface area contributed by atoms with E-state index in [1.807, 2.05) is 18.2 Å². The van der Waals surface area contributed by atoms with Gasteiger partial charge in [-0.05, 0) is 42.5 Å². The molecule has 2 rings (SSSR count). The average Bonchev–Trinajstić information content (AvgIpc) is 2.48. The number of para-hydroxylation sites is 1. The Labute approximate surface area is 136 Å². The highest BCUT2D eigenvalue weighted by Crippen LogP contribution is 2.22. The Morgan fingerprint density at radius 2 is 1.70 bits per heavy atom. The second-order valence-electron chi connectivity index (χ2n) is 6.01. The van der Waals surface area contributed by atoms with Crippen molar-refractivity contribution < 1.29 is 14.7 Å². The molecule has 0 radical (unpaired) electrons. The Hall–Kier alpha value is -2.62. The maximum Gasteiger partial charge on any atom is 0.337 e. The van der Waals surface area contributed by atoms with Gasteiger partial charge in [0.05, 0.1) is 11.3 Å². The lowest BCUT2D eigenvalue weighted by Crippen LogP contribution is -2.18. The van der Waals surface area contributed by atoms with Crippen LogP contribution < -0.4 is 5.32 Å². The molecule has 2 aromatic carbocycles. The summed E-state index contributed by atoms with van der Waals surface area (Å²) in [7, 11) is 0. The zero-order valence-electron chi connectivity index (χ0n) is 13.6. The summed E-state index contributed by atoms with van der Waals surface area (Å²) < 4.78 is 0. The maximum absolute atomic E-state index is 12.6. The highest BCUT2D eigenvalue weighted by molar-refractivity contribution is 6.09. The second kappa shape index (κ2) is 7.09. The number of carboxylic acid groups (broad SMARTS) is 1. The molecule has 120 valence electrons. The van der Waals surface area contributed by atoms with Crippen molar-refractivity contribution in [1.82, 2.24) is 0 Å². The molecule has 23 heavy (non-hydrogen) atoms. The number of hydrogen-bond acceptors (Lipinski definition) is 2. The number of aromatic carboxylic acids is 1. The molecular weight excluding hydrogens is 290 g/mol. The molecule has 0 fully saturated rings. The first-order valence-corrected chi connectivity index (χ1v) is 7.62. The summed E-state index contributed by atoms with van der Waals surface area (Å²) in [5.41, 5.74) is 2.72. The Morgan fingerprint density at radius 3 is 2.35 bits per heavy atom. The normalized spacial score (nSPS) is 10.6. The topological polar surface area (TPSA) is 66.4 Å². The van der Waals surface area contributed by atoms with Crippen molar-refractivity contribution in [2.45, 2.75) is 27.2 Å². The van der Waals surface area contributed by atoms with Crippen molar-refractivity contribution >= 4 is 17.6 Å². The number of carbonyl (C=O) groups excluding carboxylic acids is 1. The quantitative estimate of drug-likeness (QED) is 0.872. The minimum atomic E-state index is -1.06. The molecule has 2 aromatic rings. The predicted octanol–water partition coefficient (Wildman–Crippen LogP) is 4.14. The zero-order valence-corrected chi connectivity index (χ0v) is 13.6. The number of amides is 1. The van der Waals surface area contributed by atoms with E-state index in [9.17, 15) is 14.7 Å². The van der Waals surface area contributed by atoms with Gasteiger partial charge in [-0.15, -0.1) is 0 Å². The summed E-state index contributed by atoms with van der Waals surface area (Å²) in [6, 6.07) is 12.4. The van der Waals surface area contributed by atoms with Crippen molar-refractivity contribution in [2.24, 2.45) is 5.92 Å². The van der Waals surface area contributed by atoms with E-state index < -0.39 is 5.97 Å². The molecule has 1 amide bonds. The molecule has 4 nitrogen and oxygen atoms in total. The van der Waals surface area contributed by atoms with Crippen molar-refractivity contribution in [1.29, 1.82) is 0 Å². The van der Waals surface area contributed by atoms with E-state index in [1.54, 1.807) is 25.1 Å². The SMILES string of the molecule is Cc1cccc(C(=O)O)c1NC(=O)c1ccccc1CC(C)C. The maximum atomic E-state index is 12.6. The fourth-order valence-corrected chi connectivity index (χ4v) is 2.55. The summed E-state index contributed by atoms with van der Waals surface area (Å²) in [6.45, 7) is 5.97. The highest BCUT2D eigenvalue weighted by Gasteiger charge is 2.17. The van der Waals surface area contributed by atoms with Gasteiger partial charge in [-0.2, -0.15) is 0 Å². The molecule has 0 aliphatic rings. The van der Waals surface area contributed by atoms with Gasteiger partial charge in [-0.3, -0.25) is 4.79 Å². The molecule has 0 heterocycles. The predicted molar refractivity (Wildman–Crippen MR) is 91.1 cm³/mol. The van der Waals surface area contributed by atoms with Gasteiger partial charge in [0.1, 0.15) is 0 Å². The van der Waals surface area contributed by atoms with Crippen LogP contribution in [0.5, 0.6) is 0 Å². The molecule has 0 atom stereocenters. The molecule has 0 spiro atoms. The van der Waals surface area contributed by atoms with E-state index in [0.29, 0.717) is 17.2 Å². The lowest BCUT2D eigenvalue weighted by atomic mass is 9.97. The van der Waals surface area contributed by atoms with Gasteiger partial charge in [0, 0.05) is 5.56 Å². The van der Waals surface area contributed by atoms with E-state index in [0.717, 1.165) is 17.5 Å². The van der Waals surface area contributed by atoms with E-state index in [1.165, 1.54) is 6.07 Å². The smallest absolute Gasteiger partial charge is 0.337 e. The second-order valence-corrected chi connectivity index (χ2v) is 6.01. The van der Waals surface area contributed by atoms with Crippen molar-refractivity contribution in [3.63, 3.8) is 0 Å². The molecule has 2 N–H and O–H groups in total. The van der Waals surface area contributed by atoms with E-state index in [2.05, 4.69) is 19.2 Å². The van der Waals surface area contributed by atoms with Crippen LogP contribution in [-0.4, -0.2) is 17.0 Å². The number of rotatable bonds is 5. The third kappa shape index (κ3) is 3.97. The van der Waals surface area contributed by atoms with Gasteiger partial charge >= 0.3 is 5.97 Å². The summed E-state index contributed by atoms with van der Waals surface area (Å²) in [6.07, 6.45) is 0.795. The Bertz CT molecular complexity index is 735. The lowest BCUT2D eigenvalue weighted by Gasteiger charge is -2.14. The van der Waals surface area contributed by atoms with Crippen LogP contribution >= 0.6 is 0 Å². The van der Waals surface area contributed by atoms with E-state index >= 15 is 0 Å². The van der Waals surface area contributed by atoms with Crippen LogP contribution in [0, 0.1) is 12.8 Å². The fourth-order valence-electron chi connectivity index (χ4n) is 2.55. The summed E-state index contributed by atoms with van der Waals surface area (Å²) in [5.74, 6) is -0.908. The molecular formula is C19H21NO3. The Morgan fingerprint density at radius 1 is 1.04 bits per heavy atom. The summed E-state index contributed by atoms with van der Waals surface area (Å²) >= 11 is 0. The number of anilines is 1. The van der Waals surface area contributed by atoms with Crippen molar-refractivity contribution in [3.8, 4) is 0 Å². The number of benzene rings is 2. The number of carboxylic acids is 1. The van der Waals surface area contributed by atoms with Gasteiger partial charge in [0.2, 0.25) is 0 Å². The number of carbonyl (C=O) groups is 2. The first kappa shape index (κ1) is 16.7. The van der Waals surface area contributed by atoms with Crippen LogP contribution in [0.4, 0.5) is 5.69 Å². The van der Waals surface area contributed by atoms with Crippen molar-refractivity contribution in [3.05, 3.63) is 64.7 Å². The number of nitrogens with one attached hydrogen (secondary N) is 1. The minimum Gasteiger partial charge on any atom is -0.478 e. The van der Waals surface area contributed by atoms with E-state index in [-0.39, 0.29) is 11.5 Å². The Kier molecular flexibility index (Phi) is 5.16. The minimum absolute atomic E-state index is 0.0969. The fraction of sp³-hybridized carbons (Fsp3) is 0.263. The van der Waals surface area contributed by atoms with Crippen LogP contribution in [-0.2, 0) is 6.42 Å². The van der Waals surface area contributed by atoms with Crippen molar-refractivity contribution in [2.75, 3.05) is 5.32 Å². The van der Waals surface area contributed by atoms with Crippen LogP contribution in [0.25, 0.3) is 0 Å². The van der Waals surface area contributed by atoms with Crippen LogP contribution in [0.2, 0.25) is 0 Å². The molecule has 0 bridgehead atoms. The van der Waals surface area contributed by atoms with Crippen LogP contribution in [0.1, 0.15) is 45.7 Å². The molecule has 0 aliphatic carbocycles. The molecule has 0 aliphatic heterocycles. The Balaban J connectivity index is 2.36. The van der Waals surface area contributed by atoms with Crippen LogP contribution in [0.3, 0.4) is 0 Å². The third-order valence-electron chi connectivity index (χ3n) is 3.63. The standard InChI is InChI=1S/C19H21NO3/c1-12(2)11-14-8-4-5-9-15(14)18(21)20-17-13(3)7-6-10-16(17)19(22)23/h4-10,12H,11H2,1-3H3,(H,20,21)(H,22,23). The lowest BCUT2D eigenvalue weighted by molar-refractivity contribution is 0.0698. The molecule has 4 heteroatoms. The average molecular weight is 311 g/mol. The molecule has 0 aromatic heterocycles. The largest absolute Gasteiger partial charge is 0.478 e. The van der Waals surface area contributed by atoms with Gasteiger partial charge in [0.25, 0.3) is 5.91 Å². The van der Waals surface area contributed by atoms with Gasteiger partial charge in [-0.1, -0.05) is 44.2 Å². The van der Waals surface area contributed by atoms with Crippen LogP contribution in [0.15, 0.2) is 42.5 Å². The summed E-state index contributed by atoms with van der Waals surface area (Å²) in [4.78, 5) is 24.0. The van der Waals surface area contributed by atoms with E-state index in [4.69, 9.17) is 0 Å². The molecule has 0 unspecified atom stereocenters. The monoisotopic (exact) mass is 311 g/mol. The number of aryl methyl sites for hydroxylation is 1. The van der Waals surface area contributed by atoms with Gasteiger partial charge < -0.3 is 10.4 Å². The molecule has 0 saturated carbocycles. The zero-order chi connectivity index (χ0) is 17.0. The highest BCUT2D eigenvalue weighted by atomic mass is 16.4. The summed E-state index contributed by atoms with van der Waals surface area (Å²) in [5, 5.41) is 12.1. The molecule has 0 saturated heterocycles. The first-order valence-electron chi connectivity index (χ1n) is 7.62.